The molecular formula is C14H9BrClFN2O. The second-order valence-electron chi connectivity index (χ2n) is 4.52. The molecule has 6 heteroatoms. The number of pyridine rings is 1. The monoisotopic (exact) mass is 354 g/mol. The summed E-state index contributed by atoms with van der Waals surface area (Å²) in [7, 11) is 0. The summed E-state index contributed by atoms with van der Waals surface area (Å²) in [6.07, 6.45) is 1.58. The van der Waals surface area contributed by atoms with Crippen LogP contribution in [0.15, 0.2) is 34.9 Å². The van der Waals surface area contributed by atoms with Crippen LogP contribution < -0.4 is 0 Å². The minimum atomic E-state index is -0.430. The molecule has 0 saturated carbocycles. The van der Waals surface area contributed by atoms with Crippen molar-refractivity contribution in [1.82, 2.24) is 9.88 Å². The Balaban J connectivity index is 1.90. The van der Waals surface area contributed by atoms with Crippen molar-refractivity contribution in [2.45, 2.75) is 13.1 Å². The van der Waals surface area contributed by atoms with Crippen molar-refractivity contribution in [2.24, 2.45) is 0 Å². The van der Waals surface area contributed by atoms with Crippen molar-refractivity contribution in [3.63, 3.8) is 0 Å². The smallest absolute Gasteiger partial charge is 0.273 e. The molecule has 1 aliphatic heterocycles. The molecule has 1 aromatic carbocycles. The minimum Gasteiger partial charge on any atom is -0.328 e. The number of halogens is 3. The summed E-state index contributed by atoms with van der Waals surface area (Å²) in [5.74, 6) is -0.625. The van der Waals surface area contributed by atoms with Crippen molar-refractivity contribution in [3.8, 4) is 0 Å². The molecule has 0 N–H and O–H groups in total. The Bertz CT molecular complexity index is 684. The van der Waals surface area contributed by atoms with E-state index < -0.39 is 5.82 Å². The molecule has 1 amide bonds. The molecule has 2 heterocycles. The van der Waals surface area contributed by atoms with E-state index in [4.69, 9.17) is 11.6 Å². The third kappa shape index (κ3) is 2.31. The highest BCUT2D eigenvalue weighted by molar-refractivity contribution is 9.10. The number of aromatic nitrogens is 1. The number of nitrogens with zero attached hydrogens (tertiary/aromatic N) is 2. The summed E-state index contributed by atoms with van der Waals surface area (Å²) in [5, 5.41) is 0.300. The van der Waals surface area contributed by atoms with Gasteiger partial charge in [-0.3, -0.25) is 9.78 Å². The second-order valence-corrected chi connectivity index (χ2v) is 5.84. The van der Waals surface area contributed by atoms with Crippen LogP contribution in [0.25, 0.3) is 0 Å². The van der Waals surface area contributed by atoms with Gasteiger partial charge in [-0.15, -0.1) is 0 Å². The average Bonchev–Trinajstić information content (AvgIpc) is 2.71. The highest BCUT2D eigenvalue weighted by Crippen LogP contribution is 2.29. The third-order valence-electron chi connectivity index (χ3n) is 3.20. The Kier molecular flexibility index (Phi) is 3.48. The molecule has 1 aliphatic rings. The van der Waals surface area contributed by atoms with Crippen molar-refractivity contribution in [3.05, 3.63) is 62.6 Å². The first-order valence-corrected chi connectivity index (χ1v) is 7.10. The molecule has 0 spiro atoms. The molecule has 0 bridgehead atoms. The first kappa shape index (κ1) is 13.5. The van der Waals surface area contributed by atoms with E-state index in [-0.39, 0.29) is 12.5 Å². The van der Waals surface area contributed by atoms with Crippen LogP contribution in [0.4, 0.5) is 4.39 Å². The molecule has 102 valence electrons. The number of fused-ring (bicyclic) bond motifs is 1. The number of carbonyl (C=O) groups excluding carboxylic acids is 1. The van der Waals surface area contributed by atoms with Crippen LogP contribution >= 0.6 is 27.5 Å². The lowest BCUT2D eigenvalue weighted by Crippen LogP contribution is -2.24. The van der Waals surface area contributed by atoms with E-state index >= 15 is 0 Å². The first-order valence-electron chi connectivity index (χ1n) is 5.93. The molecule has 0 fully saturated rings. The number of hydrogen-bond donors (Lipinski definition) is 0. The van der Waals surface area contributed by atoms with Gasteiger partial charge >= 0.3 is 0 Å². The maximum Gasteiger partial charge on any atom is 0.273 e. The van der Waals surface area contributed by atoms with Gasteiger partial charge in [-0.25, -0.2) is 4.39 Å². The predicted molar refractivity (Wildman–Crippen MR) is 76.9 cm³/mol. The Hall–Kier alpha value is -1.46. The maximum atomic E-state index is 14.0. The van der Waals surface area contributed by atoms with E-state index in [0.717, 1.165) is 5.56 Å². The Morgan fingerprint density at radius 1 is 1.45 bits per heavy atom. The molecule has 2 aromatic rings. The van der Waals surface area contributed by atoms with E-state index in [2.05, 4.69) is 20.9 Å². The zero-order valence-electron chi connectivity index (χ0n) is 10.2. The Morgan fingerprint density at radius 2 is 2.25 bits per heavy atom. The van der Waals surface area contributed by atoms with Crippen molar-refractivity contribution < 1.29 is 9.18 Å². The fourth-order valence-corrected chi connectivity index (χ4v) is 3.06. The second kappa shape index (κ2) is 5.14. The fourth-order valence-electron chi connectivity index (χ4n) is 2.23. The molecule has 3 rings (SSSR count). The van der Waals surface area contributed by atoms with Gasteiger partial charge in [0.1, 0.15) is 11.5 Å². The lowest BCUT2D eigenvalue weighted by Gasteiger charge is -2.17. The van der Waals surface area contributed by atoms with Crippen LogP contribution in [0.1, 0.15) is 21.6 Å². The normalized spacial score (nSPS) is 13.8. The van der Waals surface area contributed by atoms with Crippen LogP contribution in [0.5, 0.6) is 0 Å². The Morgan fingerprint density at radius 3 is 2.95 bits per heavy atom. The molecule has 3 nitrogen and oxygen atoms in total. The van der Waals surface area contributed by atoms with E-state index in [1.54, 1.807) is 18.3 Å². The largest absolute Gasteiger partial charge is 0.328 e. The highest BCUT2D eigenvalue weighted by atomic mass is 79.9. The Labute approximate surface area is 128 Å². The van der Waals surface area contributed by atoms with Gasteiger partial charge in [-0.1, -0.05) is 33.6 Å². The molecule has 0 unspecified atom stereocenters. The van der Waals surface area contributed by atoms with Crippen LogP contribution in [-0.4, -0.2) is 15.8 Å². The van der Waals surface area contributed by atoms with E-state index in [1.165, 1.54) is 11.0 Å². The van der Waals surface area contributed by atoms with Gasteiger partial charge in [-0.05, 0) is 18.2 Å². The number of rotatable bonds is 2. The van der Waals surface area contributed by atoms with Gasteiger partial charge < -0.3 is 4.90 Å². The standard InChI is InChI=1S/C14H9BrClFN2O/c15-9-4-11(16)10(12(17)5-9)7-19-6-8-2-1-3-18-13(8)14(19)20/h1-5H,6-7H2. The summed E-state index contributed by atoms with van der Waals surface area (Å²) in [6, 6.07) is 6.58. The summed E-state index contributed by atoms with van der Waals surface area (Å²) in [4.78, 5) is 17.8. The van der Waals surface area contributed by atoms with Crippen LogP contribution in [0, 0.1) is 5.82 Å². The van der Waals surface area contributed by atoms with Crippen molar-refractivity contribution in [2.75, 3.05) is 0 Å². The molecule has 1 aromatic heterocycles. The minimum absolute atomic E-state index is 0.132. The molecule has 20 heavy (non-hydrogen) atoms. The van der Waals surface area contributed by atoms with Gasteiger partial charge in [0.05, 0.1) is 6.54 Å². The average molecular weight is 356 g/mol. The van der Waals surface area contributed by atoms with Crippen LogP contribution in [0.3, 0.4) is 0 Å². The molecule has 0 aliphatic carbocycles. The number of amides is 1. The van der Waals surface area contributed by atoms with E-state index in [9.17, 15) is 9.18 Å². The third-order valence-corrected chi connectivity index (χ3v) is 3.99. The van der Waals surface area contributed by atoms with Gasteiger partial charge in [-0.2, -0.15) is 0 Å². The SMILES string of the molecule is O=C1c2ncccc2CN1Cc1c(F)cc(Br)cc1Cl. The molecular weight excluding hydrogens is 347 g/mol. The quantitative estimate of drug-likeness (QED) is 0.821. The van der Waals surface area contributed by atoms with E-state index in [1.807, 2.05) is 6.07 Å². The van der Waals surface area contributed by atoms with Gasteiger partial charge in [0.25, 0.3) is 5.91 Å². The van der Waals surface area contributed by atoms with E-state index in [0.29, 0.717) is 27.3 Å². The zero-order valence-corrected chi connectivity index (χ0v) is 12.6. The maximum absolute atomic E-state index is 14.0. The lowest BCUT2D eigenvalue weighted by atomic mass is 10.2. The van der Waals surface area contributed by atoms with Gasteiger partial charge in [0, 0.05) is 33.4 Å². The van der Waals surface area contributed by atoms with Crippen LogP contribution in [0.2, 0.25) is 5.02 Å². The summed E-state index contributed by atoms with van der Waals surface area (Å²) in [6.45, 7) is 0.557. The molecule has 0 radical (unpaired) electrons. The van der Waals surface area contributed by atoms with Crippen molar-refractivity contribution >= 4 is 33.4 Å². The summed E-state index contributed by atoms with van der Waals surface area (Å²) >= 11 is 9.23. The first-order chi connectivity index (χ1) is 9.56. The fraction of sp³-hybridized carbons (Fsp3) is 0.143. The highest BCUT2D eigenvalue weighted by Gasteiger charge is 2.29. The topological polar surface area (TPSA) is 33.2 Å². The van der Waals surface area contributed by atoms with Crippen LogP contribution in [-0.2, 0) is 13.1 Å². The predicted octanol–water partition coefficient (Wildman–Crippen LogP) is 3.79. The van der Waals surface area contributed by atoms with Gasteiger partial charge in [0.15, 0.2) is 0 Å². The molecule has 0 atom stereocenters. The van der Waals surface area contributed by atoms with Gasteiger partial charge in [0.2, 0.25) is 0 Å². The molecule has 0 saturated heterocycles. The zero-order chi connectivity index (χ0) is 14.3. The number of benzene rings is 1. The van der Waals surface area contributed by atoms with Crippen molar-refractivity contribution in [1.29, 1.82) is 0 Å². The summed E-state index contributed by atoms with van der Waals surface area (Å²) in [5.41, 5.74) is 1.60. The number of hydrogen-bond acceptors (Lipinski definition) is 2. The lowest BCUT2D eigenvalue weighted by molar-refractivity contribution is 0.0761. The summed E-state index contributed by atoms with van der Waals surface area (Å²) < 4.78 is 14.5. The number of carbonyl (C=O) groups is 1.